The Kier molecular flexibility index (Phi) is 3.74. The van der Waals surface area contributed by atoms with Crippen molar-refractivity contribution in [2.24, 2.45) is 5.73 Å². The summed E-state index contributed by atoms with van der Waals surface area (Å²) in [5.41, 5.74) is 6.78. The number of thiazole rings is 1. The van der Waals surface area contributed by atoms with E-state index in [1.165, 1.54) is 19.3 Å². The van der Waals surface area contributed by atoms with Crippen molar-refractivity contribution in [1.29, 1.82) is 0 Å². The van der Waals surface area contributed by atoms with E-state index < -0.39 is 0 Å². The maximum atomic E-state index is 11.1. The van der Waals surface area contributed by atoms with Crippen LogP contribution in [-0.2, 0) is 6.42 Å². The number of aromatic nitrogens is 1. The Balaban J connectivity index is 2.21. The zero-order valence-electron chi connectivity index (χ0n) is 9.90. The first-order valence-corrected chi connectivity index (χ1v) is 6.71. The molecule has 1 heterocycles. The summed E-state index contributed by atoms with van der Waals surface area (Å²) in [5.74, 6) is -0.382. The number of aryl methyl sites for hydroxylation is 1. The van der Waals surface area contributed by atoms with Gasteiger partial charge in [0.2, 0.25) is 5.91 Å². The van der Waals surface area contributed by atoms with Gasteiger partial charge >= 0.3 is 0 Å². The van der Waals surface area contributed by atoms with Crippen molar-refractivity contribution < 1.29 is 4.79 Å². The fourth-order valence-electron chi connectivity index (χ4n) is 1.76. The van der Waals surface area contributed by atoms with Gasteiger partial charge in [-0.3, -0.25) is 4.79 Å². The van der Waals surface area contributed by atoms with Crippen molar-refractivity contribution in [3.8, 4) is 0 Å². The second-order valence-electron chi connectivity index (χ2n) is 4.11. The molecule has 2 rings (SSSR count). The number of nitrogens with two attached hydrogens (primary N) is 1. The molecule has 0 saturated carbocycles. The van der Waals surface area contributed by atoms with Crippen LogP contribution >= 0.6 is 11.3 Å². The first-order valence-electron chi connectivity index (χ1n) is 5.90. The third-order valence-corrected chi connectivity index (χ3v) is 3.79. The van der Waals surface area contributed by atoms with Gasteiger partial charge in [0.05, 0.1) is 15.2 Å². The van der Waals surface area contributed by atoms with Gasteiger partial charge in [0.25, 0.3) is 0 Å². The lowest BCUT2D eigenvalue weighted by molar-refractivity contribution is 0.100. The topological polar surface area (TPSA) is 56.0 Å². The van der Waals surface area contributed by atoms with Crippen LogP contribution in [-0.4, -0.2) is 10.9 Å². The lowest BCUT2D eigenvalue weighted by Gasteiger charge is -1.92. The van der Waals surface area contributed by atoms with E-state index in [0.29, 0.717) is 5.56 Å². The third-order valence-electron chi connectivity index (χ3n) is 2.71. The molecule has 4 heteroatoms. The molecule has 0 aliphatic heterocycles. The summed E-state index contributed by atoms with van der Waals surface area (Å²) in [6.45, 7) is 2.19. The molecule has 90 valence electrons. The summed E-state index contributed by atoms with van der Waals surface area (Å²) in [6.07, 6.45) is 4.66. The average Bonchev–Trinajstić information content (AvgIpc) is 2.70. The van der Waals surface area contributed by atoms with Gasteiger partial charge in [0.15, 0.2) is 0 Å². The van der Waals surface area contributed by atoms with E-state index in [2.05, 4.69) is 11.9 Å². The molecule has 0 saturated heterocycles. The van der Waals surface area contributed by atoms with E-state index in [1.807, 2.05) is 12.1 Å². The molecule has 0 fully saturated rings. The van der Waals surface area contributed by atoms with Gasteiger partial charge in [-0.25, -0.2) is 4.98 Å². The van der Waals surface area contributed by atoms with E-state index >= 15 is 0 Å². The number of hydrogen-bond acceptors (Lipinski definition) is 3. The van der Waals surface area contributed by atoms with Crippen LogP contribution in [0.3, 0.4) is 0 Å². The lowest BCUT2D eigenvalue weighted by Crippen LogP contribution is -2.10. The molecule has 3 nitrogen and oxygen atoms in total. The first kappa shape index (κ1) is 12.0. The fraction of sp³-hybridized carbons (Fsp3) is 0.385. The fourth-order valence-corrected chi connectivity index (χ4v) is 2.81. The lowest BCUT2D eigenvalue weighted by atomic mass is 10.2. The van der Waals surface area contributed by atoms with Crippen LogP contribution in [0.15, 0.2) is 18.2 Å². The number of carbonyl (C=O) groups is 1. The maximum Gasteiger partial charge on any atom is 0.248 e. The van der Waals surface area contributed by atoms with Crippen molar-refractivity contribution in [3.63, 3.8) is 0 Å². The number of nitrogens with zero attached hydrogens (tertiary/aromatic N) is 1. The van der Waals surface area contributed by atoms with Gasteiger partial charge in [-0.2, -0.15) is 0 Å². The normalized spacial score (nSPS) is 10.9. The Labute approximate surface area is 105 Å². The smallest absolute Gasteiger partial charge is 0.248 e. The van der Waals surface area contributed by atoms with Crippen molar-refractivity contribution >= 4 is 27.5 Å². The number of hydrogen-bond donors (Lipinski definition) is 1. The van der Waals surface area contributed by atoms with Crippen LogP contribution in [0.2, 0.25) is 0 Å². The number of amides is 1. The molecule has 1 amide bonds. The molecule has 0 aliphatic rings. The van der Waals surface area contributed by atoms with Crippen molar-refractivity contribution in [1.82, 2.24) is 4.98 Å². The summed E-state index contributed by atoms with van der Waals surface area (Å²) >= 11 is 1.66. The zero-order valence-corrected chi connectivity index (χ0v) is 10.7. The minimum atomic E-state index is -0.382. The highest BCUT2D eigenvalue weighted by Gasteiger charge is 2.06. The Morgan fingerprint density at radius 1 is 1.41 bits per heavy atom. The standard InChI is InChI=1S/C13H16N2OS/c1-2-3-4-5-12-15-10-7-6-9(13(14)16)8-11(10)17-12/h6-8H,2-5H2,1H3,(H2,14,16). The summed E-state index contributed by atoms with van der Waals surface area (Å²) in [5, 5.41) is 1.15. The monoisotopic (exact) mass is 248 g/mol. The number of unbranched alkanes of at least 4 members (excludes halogenated alkanes) is 2. The largest absolute Gasteiger partial charge is 0.366 e. The van der Waals surface area contributed by atoms with Gasteiger partial charge in [0.1, 0.15) is 0 Å². The van der Waals surface area contributed by atoms with Gasteiger partial charge in [0, 0.05) is 5.56 Å². The highest BCUT2D eigenvalue weighted by molar-refractivity contribution is 7.18. The van der Waals surface area contributed by atoms with Crippen LogP contribution in [0.4, 0.5) is 0 Å². The van der Waals surface area contributed by atoms with Crippen LogP contribution in [0.25, 0.3) is 10.2 Å². The average molecular weight is 248 g/mol. The van der Waals surface area contributed by atoms with Gasteiger partial charge < -0.3 is 5.73 Å². The first-order chi connectivity index (χ1) is 8.20. The molecular weight excluding hydrogens is 232 g/mol. The zero-order chi connectivity index (χ0) is 12.3. The highest BCUT2D eigenvalue weighted by Crippen LogP contribution is 2.24. The van der Waals surface area contributed by atoms with E-state index in [1.54, 1.807) is 17.4 Å². The molecule has 0 atom stereocenters. The van der Waals surface area contributed by atoms with Gasteiger partial charge in [-0.1, -0.05) is 19.8 Å². The number of benzene rings is 1. The van der Waals surface area contributed by atoms with Gasteiger partial charge in [-0.05, 0) is 31.0 Å². The molecule has 0 radical (unpaired) electrons. The minimum absolute atomic E-state index is 0.382. The van der Waals surface area contributed by atoms with Crippen LogP contribution in [0, 0.1) is 0 Å². The summed E-state index contributed by atoms with van der Waals surface area (Å²) in [6, 6.07) is 5.44. The highest BCUT2D eigenvalue weighted by atomic mass is 32.1. The Morgan fingerprint density at radius 2 is 2.24 bits per heavy atom. The predicted octanol–water partition coefficient (Wildman–Crippen LogP) is 3.13. The quantitative estimate of drug-likeness (QED) is 0.826. The van der Waals surface area contributed by atoms with E-state index in [-0.39, 0.29) is 5.91 Å². The number of rotatable bonds is 5. The summed E-state index contributed by atoms with van der Waals surface area (Å²) in [4.78, 5) is 15.6. The molecule has 2 N–H and O–H groups in total. The Morgan fingerprint density at radius 3 is 2.94 bits per heavy atom. The summed E-state index contributed by atoms with van der Waals surface area (Å²) < 4.78 is 1.05. The van der Waals surface area contributed by atoms with E-state index in [9.17, 15) is 4.79 Å². The minimum Gasteiger partial charge on any atom is -0.366 e. The number of fused-ring (bicyclic) bond motifs is 1. The molecular formula is C13H16N2OS. The van der Waals surface area contributed by atoms with Crippen LogP contribution in [0.5, 0.6) is 0 Å². The van der Waals surface area contributed by atoms with E-state index in [0.717, 1.165) is 21.6 Å². The van der Waals surface area contributed by atoms with Crippen molar-refractivity contribution in [2.45, 2.75) is 32.6 Å². The molecule has 0 spiro atoms. The molecule has 0 bridgehead atoms. The second kappa shape index (κ2) is 5.27. The Hall–Kier alpha value is -1.42. The number of carbonyl (C=O) groups excluding carboxylic acids is 1. The number of primary amides is 1. The Bertz CT molecular complexity index is 533. The van der Waals surface area contributed by atoms with Crippen LogP contribution < -0.4 is 5.73 Å². The molecule has 1 aromatic heterocycles. The molecule has 0 aliphatic carbocycles. The molecule has 17 heavy (non-hydrogen) atoms. The van der Waals surface area contributed by atoms with Gasteiger partial charge in [-0.15, -0.1) is 11.3 Å². The van der Waals surface area contributed by atoms with Crippen molar-refractivity contribution in [3.05, 3.63) is 28.8 Å². The predicted molar refractivity (Wildman–Crippen MR) is 71.4 cm³/mol. The summed E-state index contributed by atoms with van der Waals surface area (Å²) in [7, 11) is 0. The SMILES string of the molecule is CCCCCc1nc2ccc(C(N)=O)cc2s1. The molecule has 2 aromatic rings. The maximum absolute atomic E-state index is 11.1. The molecule has 0 unspecified atom stereocenters. The molecule has 1 aromatic carbocycles. The van der Waals surface area contributed by atoms with Crippen molar-refractivity contribution in [2.75, 3.05) is 0 Å². The van der Waals surface area contributed by atoms with Crippen LogP contribution in [0.1, 0.15) is 41.6 Å². The second-order valence-corrected chi connectivity index (χ2v) is 5.23. The third kappa shape index (κ3) is 2.82. The van der Waals surface area contributed by atoms with E-state index in [4.69, 9.17) is 5.73 Å².